The Hall–Kier alpha value is -2.97. The molecule has 0 saturated heterocycles. The Morgan fingerprint density at radius 1 is 1.12 bits per heavy atom. The Morgan fingerprint density at radius 3 is 2.44 bits per heavy atom. The lowest BCUT2D eigenvalue weighted by molar-refractivity contribution is -0.125. The second-order valence-electron chi connectivity index (χ2n) is 7.48. The van der Waals surface area contributed by atoms with Crippen LogP contribution in [0.1, 0.15) is 29.8 Å². The summed E-state index contributed by atoms with van der Waals surface area (Å²) in [4.78, 5) is 25.7. The quantitative estimate of drug-likeness (QED) is 0.252. The monoisotopic (exact) mass is 501 g/mol. The molecule has 0 spiro atoms. The molecule has 1 heterocycles. The lowest BCUT2D eigenvalue weighted by atomic mass is 10.0. The fourth-order valence-electron chi connectivity index (χ4n) is 3.24. The van der Waals surface area contributed by atoms with Crippen LogP contribution in [0, 0.1) is 0 Å². The van der Waals surface area contributed by atoms with E-state index >= 15 is 0 Å². The van der Waals surface area contributed by atoms with Crippen molar-refractivity contribution in [3.05, 3.63) is 71.1 Å². The Labute approximate surface area is 202 Å². The van der Waals surface area contributed by atoms with Crippen molar-refractivity contribution < 1.29 is 23.2 Å². The molecule has 10 heteroatoms. The van der Waals surface area contributed by atoms with Crippen molar-refractivity contribution in [2.45, 2.75) is 26.4 Å². The van der Waals surface area contributed by atoms with E-state index in [0.29, 0.717) is 22.5 Å². The molecule has 5 N–H and O–H groups in total. The van der Waals surface area contributed by atoms with Gasteiger partial charge in [-0.15, -0.1) is 11.3 Å². The topological polar surface area (TPSA) is 134 Å². The summed E-state index contributed by atoms with van der Waals surface area (Å²) in [7, 11) is -3.41. The summed E-state index contributed by atoms with van der Waals surface area (Å²) in [6.07, 6.45) is -0.887. The van der Waals surface area contributed by atoms with E-state index in [1.54, 1.807) is 55.5 Å². The van der Waals surface area contributed by atoms with Crippen LogP contribution in [0.25, 0.3) is 10.4 Å². The van der Waals surface area contributed by atoms with Gasteiger partial charge in [0.15, 0.2) is 0 Å². The number of rotatable bonds is 11. The first-order chi connectivity index (χ1) is 16.2. The SMILES string of the molecule is CCOP(=O)(CC)OC(Cc1ccc(C(=O)Nc2cc(-c3cccs3)ccc2N)cc1)C(N)=O. The molecule has 0 aliphatic heterocycles. The third kappa shape index (κ3) is 6.55. The second kappa shape index (κ2) is 11.4. The molecule has 0 bridgehead atoms. The van der Waals surface area contributed by atoms with Crippen molar-refractivity contribution in [2.75, 3.05) is 23.8 Å². The van der Waals surface area contributed by atoms with Gasteiger partial charge in [-0.25, -0.2) is 0 Å². The third-order valence-electron chi connectivity index (χ3n) is 5.06. The summed E-state index contributed by atoms with van der Waals surface area (Å²) < 4.78 is 23.3. The Kier molecular flexibility index (Phi) is 8.63. The largest absolute Gasteiger partial charge is 0.397 e. The van der Waals surface area contributed by atoms with E-state index in [-0.39, 0.29) is 25.1 Å². The van der Waals surface area contributed by atoms with Crippen LogP contribution in [0.3, 0.4) is 0 Å². The minimum atomic E-state index is -3.41. The molecule has 0 radical (unpaired) electrons. The van der Waals surface area contributed by atoms with Gasteiger partial charge in [0.1, 0.15) is 6.10 Å². The minimum Gasteiger partial charge on any atom is -0.397 e. The first-order valence-electron chi connectivity index (χ1n) is 10.8. The highest BCUT2D eigenvalue weighted by Gasteiger charge is 2.29. The van der Waals surface area contributed by atoms with Gasteiger partial charge in [0, 0.05) is 23.0 Å². The molecule has 34 heavy (non-hydrogen) atoms. The molecule has 2 atom stereocenters. The summed E-state index contributed by atoms with van der Waals surface area (Å²) in [6.45, 7) is 3.55. The average molecular weight is 502 g/mol. The van der Waals surface area contributed by atoms with E-state index < -0.39 is 19.6 Å². The number of carbonyl (C=O) groups is 2. The van der Waals surface area contributed by atoms with E-state index in [1.165, 1.54) is 0 Å². The van der Waals surface area contributed by atoms with Crippen LogP contribution in [0.5, 0.6) is 0 Å². The number of benzene rings is 2. The number of carbonyl (C=O) groups excluding carboxylic acids is 2. The maximum atomic E-state index is 12.8. The zero-order valence-electron chi connectivity index (χ0n) is 19.0. The van der Waals surface area contributed by atoms with Crippen LogP contribution in [0.15, 0.2) is 60.0 Å². The van der Waals surface area contributed by atoms with E-state index in [4.69, 9.17) is 20.5 Å². The molecule has 2 amide bonds. The molecule has 0 aliphatic carbocycles. The molecule has 0 saturated carbocycles. The minimum absolute atomic E-state index is 0.101. The fourth-order valence-corrected chi connectivity index (χ4v) is 5.31. The predicted octanol–water partition coefficient (Wildman–Crippen LogP) is 4.91. The highest BCUT2D eigenvalue weighted by atomic mass is 32.1. The Morgan fingerprint density at radius 2 is 1.85 bits per heavy atom. The van der Waals surface area contributed by atoms with Crippen LogP contribution in [0.4, 0.5) is 11.4 Å². The molecule has 0 fully saturated rings. The maximum Gasteiger partial charge on any atom is 0.331 e. The summed E-state index contributed by atoms with van der Waals surface area (Å²) >= 11 is 1.60. The molecule has 2 aromatic carbocycles. The molecule has 3 aromatic rings. The van der Waals surface area contributed by atoms with Crippen molar-refractivity contribution >= 4 is 42.1 Å². The molecule has 3 rings (SSSR count). The molecular formula is C24H28N3O5PS. The van der Waals surface area contributed by atoms with Gasteiger partial charge in [0.05, 0.1) is 18.0 Å². The Balaban J connectivity index is 1.70. The van der Waals surface area contributed by atoms with Crippen molar-refractivity contribution in [1.82, 2.24) is 0 Å². The number of primary amides is 1. The zero-order valence-corrected chi connectivity index (χ0v) is 20.7. The molecule has 2 unspecified atom stereocenters. The second-order valence-corrected chi connectivity index (χ2v) is 10.7. The first-order valence-corrected chi connectivity index (χ1v) is 13.4. The number of nitrogen functional groups attached to an aromatic ring is 1. The lowest BCUT2D eigenvalue weighted by Crippen LogP contribution is -2.32. The highest BCUT2D eigenvalue weighted by Crippen LogP contribution is 2.49. The highest BCUT2D eigenvalue weighted by molar-refractivity contribution is 7.53. The number of anilines is 2. The number of hydrogen-bond acceptors (Lipinski definition) is 7. The van der Waals surface area contributed by atoms with E-state index in [1.807, 2.05) is 29.6 Å². The first kappa shape index (κ1) is 25.6. The van der Waals surface area contributed by atoms with Gasteiger partial charge >= 0.3 is 7.60 Å². The van der Waals surface area contributed by atoms with E-state index in [9.17, 15) is 14.2 Å². The molecule has 1 aromatic heterocycles. The standard InChI is InChI=1S/C24H28N3O5PS/c1-3-31-33(30,4-2)32-21(23(26)28)14-16-7-9-17(10-8-16)24(29)27-20-15-18(11-12-19(20)25)22-6-5-13-34-22/h5-13,15,21H,3-4,14,25H2,1-2H3,(H2,26,28)(H,27,29). The van der Waals surface area contributed by atoms with Crippen LogP contribution < -0.4 is 16.8 Å². The van der Waals surface area contributed by atoms with Gasteiger partial charge in [-0.05, 0) is 53.8 Å². The third-order valence-corrected chi connectivity index (χ3v) is 7.98. The molecular weight excluding hydrogens is 473 g/mol. The number of hydrogen-bond donors (Lipinski definition) is 3. The summed E-state index contributed by atoms with van der Waals surface area (Å²) in [6, 6.07) is 16.1. The molecule has 180 valence electrons. The summed E-state index contributed by atoms with van der Waals surface area (Å²) in [5, 5.41) is 4.83. The van der Waals surface area contributed by atoms with Crippen molar-refractivity contribution in [3.8, 4) is 10.4 Å². The number of nitrogens with two attached hydrogens (primary N) is 2. The number of nitrogens with one attached hydrogen (secondary N) is 1. The lowest BCUT2D eigenvalue weighted by Gasteiger charge is -2.21. The summed E-state index contributed by atoms with van der Waals surface area (Å²) in [5.74, 6) is -1.06. The van der Waals surface area contributed by atoms with Crippen molar-refractivity contribution in [3.63, 3.8) is 0 Å². The van der Waals surface area contributed by atoms with E-state index in [0.717, 1.165) is 10.4 Å². The van der Waals surface area contributed by atoms with E-state index in [2.05, 4.69) is 5.32 Å². The van der Waals surface area contributed by atoms with Gasteiger partial charge in [-0.2, -0.15) is 0 Å². The van der Waals surface area contributed by atoms with Crippen molar-refractivity contribution in [1.29, 1.82) is 0 Å². The average Bonchev–Trinajstić information content (AvgIpc) is 3.35. The molecule has 8 nitrogen and oxygen atoms in total. The predicted molar refractivity (Wildman–Crippen MR) is 136 cm³/mol. The Bertz CT molecular complexity index is 1180. The zero-order chi connectivity index (χ0) is 24.7. The van der Waals surface area contributed by atoms with Crippen molar-refractivity contribution in [2.24, 2.45) is 5.73 Å². The van der Waals surface area contributed by atoms with Gasteiger partial charge in [0.2, 0.25) is 5.91 Å². The van der Waals surface area contributed by atoms with Crippen LogP contribution in [-0.2, 0) is 24.8 Å². The molecule has 0 aliphatic rings. The van der Waals surface area contributed by atoms with Gasteiger partial charge in [-0.1, -0.05) is 31.2 Å². The van der Waals surface area contributed by atoms with Crippen LogP contribution >= 0.6 is 18.9 Å². The number of amides is 2. The number of thiophene rings is 1. The normalized spacial score (nSPS) is 13.7. The smallest absolute Gasteiger partial charge is 0.331 e. The van der Waals surface area contributed by atoms with Crippen LogP contribution in [0.2, 0.25) is 0 Å². The van der Waals surface area contributed by atoms with Gasteiger partial charge in [-0.3, -0.25) is 18.7 Å². The maximum absolute atomic E-state index is 12.8. The van der Waals surface area contributed by atoms with Crippen LogP contribution in [-0.4, -0.2) is 30.7 Å². The van der Waals surface area contributed by atoms with Gasteiger partial charge in [0.25, 0.3) is 5.91 Å². The van der Waals surface area contributed by atoms with Gasteiger partial charge < -0.3 is 21.3 Å². The summed E-state index contributed by atoms with van der Waals surface area (Å²) in [5.41, 5.74) is 14.6. The fraction of sp³-hybridized carbons (Fsp3) is 0.250.